The molecule has 2 rings (SSSR count). The van der Waals surface area contributed by atoms with Crippen LogP contribution in [0, 0.1) is 10.1 Å². The Morgan fingerprint density at radius 1 is 1.46 bits per heavy atom. The first-order valence-electron chi connectivity index (χ1n) is 8.79. The van der Waals surface area contributed by atoms with Crippen molar-refractivity contribution < 1.29 is 24.4 Å². The van der Waals surface area contributed by atoms with Crippen molar-refractivity contribution in [2.24, 2.45) is 0 Å². The summed E-state index contributed by atoms with van der Waals surface area (Å²) in [5, 5.41) is 20.7. The quantitative estimate of drug-likeness (QED) is 0.237. The van der Waals surface area contributed by atoms with Crippen LogP contribution in [0.25, 0.3) is 0 Å². The number of rotatable bonds is 9. The summed E-state index contributed by atoms with van der Waals surface area (Å²) in [4.78, 5) is 35.1. The van der Waals surface area contributed by atoms with E-state index in [2.05, 4.69) is 0 Å². The summed E-state index contributed by atoms with van der Waals surface area (Å²) in [5.41, 5.74) is -0.322. The highest BCUT2D eigenvalue weighted by Gasteiger charge is 2.29. The largest absolute Gasteiger partial charge is 0.494 e. The van der Waals surface area contributed by atoms with Crippen LogP contribution in [0.1, 0.15) is 55.8 Å². The van der Waals surface area contributed by atoms with Gasteiger partial charge in [0.15, 0.2) is 6.29 Å². The van der Waals surface area contributed by atoms with Crippen molar-refractivity contribution in [3.05, 3.63) is 33.9 Å². The summed E-state index contributed by atoms with van der Waals surface area (Å²) in [6, 6.07) is 4.06. The molecular formula is C18H24N2O6. The molecule has 1 aromatic carbocycles. The minimum atomic E-state index is -0.809. The average Bonchev–Trinajstić information content (AvgIpc) is 3.12. The molecule has 1 aromatic rings. The maximum atomic E-state index is 12.4. The number of aliphatic hydroxyl groups excluding tert-OH is 1. The average molecular weight is 364 g/mol. The van der Waals surface area contributed by atoms with E-state index in [9.17, 15) is 24.8 Å². The first-order valence-corrected chi connectivity index (χ1v) is 8.79. The summed E-state index contributed by atoms with van der Waals surface area (Å²) in [6.07, 6.45) is 4.28. The number of amides is 1. The van der Waals surface area contributed by atoms with Crippen molar-refractivity contribution in [3.8, 4) is 5.75 Å². The highest BCUT2D eigenvalue weighted by Crippen LogP contribution is 2.26. The third kappa shape index (κ3) is 5.01. The number of nitro groups is 1. The molecule has 1 saturated carbocycles. The van der Waals surface area contributed by atoms with Crippen molar-refractivity contribution >= 4 is 17.9 Å². The van der Waals surface area contributed by atoms with Gasteiger partial charge in [-0.05, 0) is 38.3 Å². The molecule has 0 aliphatic heterocycles. The first kappa shape index (κ1) is 19.8. The highest BCUT2D eigenvalue weighted by atomic mass is 16.6. The fraction of sp³-hybridized carbons (Fsp3) is 0.556. The molecule has 0 radical (unpaired) electrons. The topological polar surface area (TPSA) is 110 Å². The Morgan fingerprint density at radius 2 is 2.15 bits per heavy atom. The van der Waals surface area contributed by atoms with Gasteiger partial charge < -0.3 is 14.7 Å². The van der Waals surface area contributed by atoms with Crippen molar-refractivity contribution in [2.45, 2.75) is 57.7 Å². The molecule has 1 unspecified atom stereocenters. The molecule has 0 bridgehead atoms. The number of hydrogen-bond donors (Lipinski definition) is 1. The molecule has 0 saturated heterocycles. The normalized spacial score (nSPS) is 15.5. The molecule has 1 amide bonds. The van der Waals surface area contributed by atoms with Gasteiger partial charge in [-0.1, -0.05) is 12.8 Å². The molecule has 8 heteroatoms. The molecule has 8 nitrogen and oxygen atoms in total. The molecule has 0 spiro atoms. The molecule has 1 fully saturated rings. The van der Waals surface area contributed by atoms with Gasteiger partial charge in [-0.2, -0.15) is 0 Å². The van der Waals surface area contributed by atoms with Crippen molar-refractivity contribution in [2.75, 3.05) is 6.61 Å². The number of carbonyl (C=O) groups excluding carboxylic acids is 2. The molecule has 0 heterocycles. The van der Waals surface area contributed by atoms with Crippen LogP contribution in [0.5, 0.6) is 5.75 Å². The van der Waals surface area contributed by atoms with Gasteiger partial charge in [0, 0.05) is 18.5 Å². The minimum Gasteiger partial charge on any atom is -0.494 e. The van der Waals surface area contributed by atoms with E-state index < -0.39 is 11.2 Å². The number of carbonyl (C=O) groups is 2. The second-order valence-corrected chi connectivity index (χ2v) is 6.42. The Kier molecular flexibility index (Phi) is 7.08. The Hall–Kier alpha value is -2.48. The standard InChI is InChI=1S/C18H24N2O6/c1-13(22)19(15-5-2-3-6-15)18(23)7-4-10-26-16-8-9-17(20(24)25)14(11-16)12-21/h8-9,11-13,15,22H,2-7,10H2,1H3. The predicted molar refractivity (Wildman–Crippen MR) is 94.0 cm³/mol. The molecule has 1 atom stereocenters. The maximum Gasteiger partial charge on any atom is 0.280 e. The van der Waals surface area contributed by atoms with Crippen LogP contribution in [0.3, 0.4) is 0 Å². The zero-order chi connectivity index (χ0) is 19.1. The second-order valence-electron chi connectivity index (χ2n) is 6.42. The van der Waals surface area contributed by atoms with Gasteiger partial charge in [-0.3, -0.25) is 19.7 Å². The van der Waals surface area contributed by atoms with Crippen LogP contribution in [0.2, 0.25) is 0 Å². The Morgan fingerprint density at radius 3 is 2.73 bits per heavy atom. The van der Waals surface area contributed by atoms with E-state index >= 15 is 0 Å². The summed E-state index contributed by atoms with van der Waals surface area (Å²) in [7, 11) is 0. The molecule has 26 heavy (non-hydrogen) atoms. The number of aldehydes is 1. The number of hydrogen-bond acceptors (Lipinski definition) is 6. The monoisotopic (exact) mass is 364 g/mol. The lowest BCUT2D eigenvalue weighted by Crippen LogP contribution is -2.44. The number of ether oxygens (including phenoxy) is 1. The van der Waals surface area contributed by atoms with Gasteiger partial charge in [0.1, 0.15) is 12.0 Å². The van der Waals surface area contributed by atoms with Gasteiger partial charge >= 0.3 is 0 Å². The molecular weight excluding hydrogens is 340 g/mol. The number of benzene rings is 1. The van der Waals surface area contributed by atoms with Crippen LogP contribution in [0.4, 0.5) is 5.69 Å². The van der Waals surface area contributed by atoms with Crippen molar-refractivity contribution in [3.63, 3.8) is 0 Å². The van der Waals surface area contributed by atoms with Crippen molar-refractivity contribution in [1.29, 1.82) is 0 Å². The molecule has 1 aliphatic rings. The van der Waals surface area contributed by atoms with Crippen LogP contribution >= 0.6 is 0 Å². The van der Waals surface area contributed by atoms with E-state index in [0.717, 1.165) is 25.7 Å². The van der Waals surface area contributed by atoms with Crippen molar-refractivity contribution in [1.82, 2.24) is 4.90 Å². The zero-order valence-electron chi connectivity index (χ0n) is 14.8. The maximum absolute atomic E-state index is 12.4. The summed E-state index contributed by atoms with van der Waals surface area (Å²) < 4.78 is 5.48. The van der Waals surface area contributed by atoms with Crippen LogP contribution < -0.4 is 4.74 Å². The molecule has 1 aliphatic carbocycles. The lowest BCUT2D eigenvalue weighted by atomic mass is 10.1. The molecule has 1 N–H and O–H groups in total. The fourth-order valence-corrected chi connectivity index (χ4v) is 3.33. The van der Waals surface area contributed by atoms with Gasteiger partial charge in [-0.15, -0.1) is 0 Å². The summed E-state index contributed by atoms with van der Waals surface area (Å²) >= 11 is 0. The Labute approximate surface area is 151 Å². The first-order chi connectivity index (χ1) is 12.4. The predicted octanol–water partition coefficient (Wildman–Crippen LogP) is 2.68. The summed E-state index contributed by atoms with van der Waals surface area (Å²) in [6.45, 7) is 1.84. The molecule has 142 valence electrons. The van der Waals surface area contributed by atoms with Gasteiger partial charge in [-0.25, -0.2) is 0 Å². The second kappa shape index (κ2) is 9.28. The third-order valence-corrected chi connectivity index (χ3v) is 4.54. The smallest absolute Gasteiger partial charge is 0.280 e. The third-order valence-electron chi connectivity index (χ3n) is 4.54. The lowest BCUT2D eigenvalue weighted by molar-refractivity contribution is -0.385. The number of nitro benzene ring substituents is 1. The Balaban J connectivity index is 1.85. The SMILES string of the molecule is CC(O)N(C(=O)CCCOc1ccc([N+](=O)[O-])c(C=O)c1)C1CCCC1. The minimum absolute atomic E-state index is 0.0508. The van der Waals surface area contributed by atoms with E-state index in [0.29, 0.717) is 18.5 Å². The van der Waals surface area contributed by atoms with Gasteiger partial charge in [0.05, 0.1) is 17.1 Å². The van der Waals surface area contributed by atoms with Crippen LogP contribution in [0.15, 0.2) is 18.2 Å². The fourth-order valence-electron chi connectivity index (χ4n) is 3.33. The highest BCUT2D eigenvalue weighted by molar-refractivity contribution is 5.82. The van der Waals surface area contributed by atoms with Crippen LogP contribution in [-0.2, 0) is 4.79 Å². The van der Waals surface area contributed by atoms with Gasteiger partial charge in [0.2, 0.25) is 5.91 Å². The lowest BCUT2D eigenvalue weighted by Gasteiger charge is -2.31. The van der Waals surface area contributed by atoms with E-state index in [1.165, 1.54) is 18.2 Å². The van der Waals surface area contributed by atoms with Gasteiger partial charge in [0.25, 0.3) is 5.69 Å². The summed E-state index contributed by atoms with van der Waals surface area (Å²) in [5.74, 6) is 0.237. The van der Waals surface area contributed by atoms with E-state index in [-0.39, 0.29) is 36.2 Å². The van der Waals surface area contributed by atoms with E-state index in [1.807, 2.05) is 0 Å². The number of nitrogens with zero attached hydrogens (tertiary/aromatic N) is 2. The van der Waals surface area contributed by atoms with Crippen LogP contribution in [-0.4, -0.2) is 46.0 Å². The number of aliphatic hydroxyl groups is 1. The Bertz CT molecular complexity index is 655. The van der Waals surface area contributed by atoms with E-state index in [4.69, 9.17) is 4.74 Å². The zero-order valence-corrected chi connectivity index (χ0v) is 14.8. The van der Waals surface area contributed by atoms with E-state index in [1.54, 1.807) is 11.8 Å². The molecule has 0 aromatic heterocycles.